The van der Waals surface area contributed by atoms with Crippen LogP contribution in [0.25, 0.3) is 0 Å². The number of rotatable bonds is 6. The molecular weight excluding hydrogens is 401 g/mol. The highest BCUT2D eigenvalue weighted by Crippen LogP contribution is 2.40. The number of benzene rings is 2. The van der Waals surface area contributed by atoms with Crippen molar-refractivity contribution in [1.82, 2.24) is 0 Å². The van der Waals surface area contributed by atoms with E-state index < -0.39 is 40.4 Å². The van der Waals surface area contributed by atoms with Crippen LogP contribution in [0.1, 0.15) is 68.1 Å². The van der Waals surface area contributed by atoms with Gasteiger partial charge in [-0.05, 0) is 55.2 Å². The molecule has 160 valence electrons. The van der Waals surface area contributed by atoms with Crippen molar-refractivity contribution in [3.63, 3.8) is 0 Å². The Hall–Kier alpha value is -2.62. The summed E-state index contributed by atoms with van der Waals surface area (Å²) in [6.45, 7) is 2.14. The van der Waals surface area contributed by atoms with Crippen molar-refractivity contribution >= 4 is 0 Å². The minimum Gasteiger partial charge on any atom is -0.429 e. The standard InChI is InChI=1S/C23H22F5NO/c1-2-3-14-4-6-15(7-5-14)16-8-9-19(22(26)10-16)23(27,28)30-17-11-20(24)18(13-29)21(25)12-17/h8-12,14-15H,2-7H2,1H3. The topological polar surface area (TPSA) is 33.0 Å². The molecule has 0 heterocycles. The molecule has 2 aromatic rings. The summed E-state index contributed by atoms with van der Waals surface area (Å²) in [6, 6.07) is 5.74. The quantitative estimate of drug-likeness (QED) is 0.461. The summed E-state index contributed by atoms with van der Waals surface area (Å²) in [7, 11) is 0. The van der Waals surface area contributed by atoms with E-state index in [0.717, 1.165) is 44.2 Å². The van der Waals surface area contributed by atoms with Gasteiger partial charge >= 0.3 is 6.11 Å². The van der Waals surface area contributed by atoms with E-state index in [1.165, 1.54) is 18.6 Å². The van der Waals surface area contributed by atoms with Gasteiger partial charge in [-0.25, -0.2) is 13.2 Å². The fourth-order valence-corrected chi connectivity index (χ4v) is 4.13. The van der Waals surface area contributed by atoms with Crippen molar-refractivity contribution < 1.29 is 26.7 Å². The number of nitrogens with zero attached hydrogens (tertiary/aromatic N) is 1. The van der Waals surface area contributed by atoms with Crippen LogP contribution in [-0.2, 0) is 6.11 Å². The van der Waals surface area contributed by atoms with E-state index in [1.54, 1.807) is 0 Å². The highest BCUT2D eigenvalue weighted by molar-refractivity contribution is 5.38. The molecule has 0 bridgehead atoms. The average molecular weight is 423 g/mol. The molecule has 1 saturated carbocycles. The first kappa shape index (κ1) is 22.1. The van der Waals surface area contributed by atoms with Crippen LogP contribution in [0.3, 0.4) is 0 Å². The van der Waals surface area contributed by atoms with Crippen LogP contribution in [0.4, 0.5) is 22.0 Å². The van der Waals surface area contributed by atoms with Crippen molar-refractivity contribution in [2.75, 3.05) is 0 Å². The summed E-state index contributed by atoms with van der Waals surface area (Å²) < 4.78 is 75.2. The van der Waals surface area contributed by atoms with Crippen molar-refractivity contribution in [2.24, 2.45) is 5.92 Å². The Morgan fingerprint density at radius 3 is 2.17 bits per heavy atom. The smallest absolute Gasteiger partial charge is 0.429 e. The summed E-state index contributed by atoms with van der Waals surface area (Å²) in [6.07, 6.45) is 2.00. The van der Waals surface area contributed by atoms with Crippen molar-refractivity contribution in [3.05, 3.63) is 64.5 Å². The molecule has 0 saturated heterocycles. The van der Waals surface area contributed by atoms with Gasteiger partial charge in [0.1, 0.15) is 34.8 Å². The summed E-state index contributed by atoms with van der Waals surface area (Å²) in [4.78, 5) is 0. The molecule has 0 amide bonds. The molecule has 1 aliphatic rings. The zero-order valence-electron chi connectivity index (χ0n) is 16.5. The van der Waals surface area contributed by atoms with E-state index >= 15 is 0 Å². The molecule has 0 unspecified atom stereocenters. The first-order chi connectivity index (χ1) is 14.2. The van der Waals surface area contributed by atoms with Gasteiger partial charge in [0.05, 0.1) is 5.56 Å². The lowest BCUT2D eigenvalue weighted by molar-refractivity contribution is -0.187. The van der Waals surface area contributed by atoms with Gasteiger partial charge in [-0.15, -0.1) is 0 Å². The number of alkyl halides is 2. The third kappa shape index (κ3) is 4.75. The molecule has 7 heteroatoms. The van der Waals surface area contributed by atoms with E-state index in [4.69, 9.17) is 5.26 Å². The minimum atomic E-state index is -4.14. The first-order valence-electron chi connectivity index (χ1n) is 10.0. The Labute approximate surface area is 172 Å². The Morgan fingerprint density at radius 1 is 1.00 bits per heavy atom. The zero-order valence-corrected chi connectivity index (χ0v) is 16.5. The lowest BCUT2D eigenvalue weighted by Crippen LogP contribution is -2.24. The highest BCUT2D eigenvalue weighted by Gasteiger charge is 2.38. The predicted octanol–water partition coefficient (Wildman–Crippen LogP) is 7.18. The maximum Gasteiger partial charge on any atom is 0.429 e. The summed E-state index contributed by atoms with van der Waals surface area (Å²) in [5.41, 5.74) is -1.26. The summed E-state index contributed by atoms with van der Waals surface area (Å²) in [5.74, 6) is -3.86. The van der Waals surface area contributed by atoms with Crippen molar-refractivity contribution in [1.29, 1.82) is 5.26 Å². The molecule has 0 atom stereocenters. The van der Waals surface area contributed by atoms with Crippen LogP contribution in [-0.4, -0.2) is 0 Å². The molecule has 0 aliphatic heterocycles. The maximum atomic E-state index is 14.5. The van der Waals surface area contributed by atoms with E-state index in [1.807, 2.05) is 0 Å². The zero-order chi connectivity index (χ0) is 21.9. The van der Waals surface area contributed by atoms with Gasteiger partial charge in [-0.3, -0.25) is 0 Å². The second-order valence-electron chi connectivity index (χ2n) is 7.74. The van der Waals surface area contributed by atoms with Gasteiger partial charge in [0, 0.05) is 12.1 Å². The molecule has 2 nitrogen and oxygen atoms in total. The summed E-state index contributed by atoms with van der Waals surface area (Å²) in [5, 5.41) is 8.64. The number of ether oxygens (including phenoxy) is 1. The minimum absolute atomic E-state index is 0.123. The van der Waals surface area contributed by atoms with Crippen molar-refractivity contribution in [2.45, 2.75) is 57.5 Å². The molecular formula is C23H22F5NO. The molecule has 0 spiro atoms. The van der Waals surface area contributed by atoms with Crippen LogP contribution in [0.2, 0.25) is 0 Å². The lowest BCUT2D eigenvalue weighted by Gasteiger charge is -2.29. The van der Waals surface area contributed by atoms with Gasteiger partial charge in [0.2, 0.25) is 0 Å². The first-order valence-corrected chi connectivity index (χ1v) is 10.0. The fraction of sp³-hybridized carbons (Fsp3) is 0.435. The van der Waals surface area contributed by atoms with Crippen LogP contribution in [0.15, 0.2) is 30.3 Å². The monoisotopic (exact) mass is 423 g/mol. The molecule has 3 rings (SSSR count). The van der Waals surface area contributed by atoms with Crippen LogP contribution >= 0.6 is 0 Å². The molecule has 0 radical (unpaired) electrons. The van der Waals surface area contributed by atoms with Gasteiger partial charge in [-0.2, -0.15) is 14.0 Å². The molecule has 2 aromatic carbocycles. The van der Waals surface area contributed by atoms with Crippen LogP contribution < -0.4 is 4.74 Å². The SMILES string of the molecule is CCCC1CCC(c2ccc(C(F)(F)Oc3cc(F)c(C#N)c(F)c3)c(F)c2)CC1. The van der Waals surface area contributed by atoms with Gasteiger partial charge in [-0.1, -0.05) is 25.8 Å². The third-order valence-electron chi connectivity index (χ3n) is 5.70. The molecule has 0 N–H and O–H groups in total. The maximum absolute atomic E-state index is 14.5. The number of nitriles is 1. The average Bonchev–Trinajstić information content (AvgIpc) is 2.68. The number of hydrogen-bond donors (Lipinski definition) is 0. The second-order valence-corrected chi connectivity index (χ2v) is 7.74. The highest BCUT2D eigenvalue weighted by atomic mass is 19.3. The van der Waals surface area contributed by atoms with Crippen molar-refractivity contribution in [3.8, 4) is 11.8 Å². The van der Waals surface area contributed by atoms with Gasteiger partial charge in [0.15, 0.2) is 0 Å². The van der Waals surface area contributed by atoms with E-state index in [0.29, 0.717) is 23.6 Å². The number of halogens is 5. The molecule has 0 aromatic heterocycles. The Morgan fingerprint density at radius 2 is 1.63 bits per heavy atom. The Bertz CT molecular complexity index is 922. The summed E-state index contributed by atoms with van der Waals surface area (Å²) >= 11 is 0. The van der Waals surface area contributed by atoms with E-state index in [2.05, 4.69) is 11.7 Å². The van der Waals surface area contributed by atoms with E-state index in [9.17, 15) is 22.0 Å². The van der Waals surface area contributed by atoms with Gasteiger partial charge in [0.25, 0.3) is 0 Å². The second kappa shape index (κ2) is 9.03. The normalized spacial score (nSPS) is 19.4. The predicted molar refractivity (Wildman–Crippen MR) is 102 cm³/mol. The molecule has 1 aliphatic carbocycles. The Kier molecular flexibility index (Phi) is 6.64. The molecule has 1 fully saturated rings. The van der Waals surface area contributed by atoms with E-state index in [-0.39, 0.29) is 5.92 Å². The number of hydrogen-bond acceptors (Lipinski definition) is 2. The third-order valence-corrected chi connectivity index (χ3v) is 5.70. The molecule has 30 heavy (non-hydrogen) atoms. The largest absolute Gasteiger partial charge is 0.429 e. The Balaban J connectivity index is 1.76. The van der Waals surface area contributed by atoms with Crippen LogP contribution in [0.5, 0.6) is 5.75 Å². The fourth-order valence-electron chi connectivity index (χ4n) is 4.13. The van der Waals surface area contributed by atoms with Crippen LogP contribution in [0, 0.1) is 34.7 Å². The lowest BCUT2D eigenvalue weighted by atomic mass is 9.77. The van der Waals surface area contributed by atoms with Gasteiger partial charge < -0.3 is 4.74 Å².